The molecular formula is C17H18O5. The van der Waals surface area contributed by atoms with E-state index in [1.54, 1.807) is 7.11 Å². The molecule has 0 amide bonds. The lowest BCUT2D eigenvalue weighted by Crippen LogP contribution is -2.28. The van der Waals surface area contributed by atoms with Gasteiger partial charge in [0, 0.05) is 37.7 Å². The number of hydrogen-bond donors (Lipinski definition) is 0. The van der Waals surface area contributed by atoms with Crippen LogP contribution in [0.25, 0.3) is 0 Å². The molecule has 2 atom stereocenters. The highest BCUT2D eigenvalue weighted by Gasteiger charge is 2.39. The maximum atomic E-state index is 12.2. The molecule has 0 saturated heterocycles. The Morgan fingerprint density at radius 1 is 1.23 bits per heavy atom. The molecule has 5 nitrogen and oxygen atoms in total. The van der Waals surface area contributed by atoms with Gasteiger partial charge in [-0.05, 0) is 17.7 Å². The molecule has 0 fully saturated rings. The van der Waals surface area contributed by atoms with Crippen LogP contribution in [0.15, 0.2) is 35.6 Å². The van der Waals surface area contributed by atoms with Crippen LogP contribution in [0, 0.1) is 0 Å². The minimum absolute atomic E-state index is 0.103. The highest BCUT2D eigenvalue weighted by molar-refractivity contribution is 6.00. The number of esters is 1. The van der Waals surface area contributed by atoms with Gasteiger partial charge < -0.3 is 14.2 Å². The minimum atomic E-state index is -0.630. The molecule has 1 heterocycles. The summed E-state index contributed by atoms with van der Waals surface area (Å²) in [6.07, 6.45) is 0.869. The molecule has 0 spiro atoms. The van der Waals surface area contributed by atoms with Crippen LogP contribution >= 0.6 is 0 Å². The Hall–Kier alpha value is -2.30. The van der Waals surface area contributed by atoms with E-state index >= 15 is 0 Å². The lowest BCUT2D eigenvalue weighted by molar-refractivity contribution is -0.172. The molecule has 22 heavy (non-hydrogen) atoms. The van der Waals surface area contributed by atoms with E-state index in [4.69, 9.17) is 14.2 Å². The summed E-state index contributed by atoms with van der Waals surface area (Å²) >= 11 is 0. The number of hydrogen-bond acceptors (Lipinski definition) is 5. The predicted octanol–water partition coefficient (Wildman–Crippen LogP) is 2.71. The van der Waals surface area contributed by atoms with Crippen molar-refractivity contribution in [1.82, 2.24) is 0 Å². The summed E-state index contributed by atoms with van der Waals surface area (Å²) in [4.78, 5) is 23.4. The normalized spacial score (nSPS) is 23.8. The summed E-state index contributed by atoms with van der Waals surface area (Å²) in [7, 11) is 1.61. The van der Waals surface area contributed by atoms with E-state index in [9.17, 15) is 9.59 Å². The molecule has 0 N–H and O–H groups in total. The molecular weight excluding hydrogens is 284 g/mol. The predicted molar refractivity (Wildman–Crippen MR) is 78.3 cm³/mol. The van der Waals surface area contributed by atoms with Gasteiger partial charge in [0.15, 0.2) is 5.78 Å². The highest BCUT2D eigenvalue weighted by Crippen LogP contribution is 2.43. The number of benzene rings is 1. The maximum Gasteiger partial charge on any atom is 0.305 e. The molecule has 5 heteroatoms. The van der Waals surface area contributed by atoms with Crippen LogP contribution in [0.5, 0.6) is 5.75 Å². The largest absolute Gasteiger partial charge is 0.497 e. The fraction of sp³-hybridized carbons (Fsp3) is 0.412. The number of ketones is 1. The van der Waals surface area contributed by atoms with E-state index in [-0.39, 0.29) is 17.7 Å². The van der Waals surface area contributed by atoms with Crippen molar-refractivity contribution in [2.45, 2.75) is 38.4 Å². The third-order valence-electron chi connectivity index (χ3n) is 4.05. The summed E-state index contributed by atoms with van der Waals surface area (Å²) in [6, 6.07) is 7.61. The van der Waals surface area contributed by atoms with Crippen LogP contribution in [-0.2, 0) is 19.1 Å². The number of rotatable bonds is 3. The average Bonchev–Trinajstić information content (AvgIpc) is 2.87. The van der Waals surface area contributed by atoms with E-state index in [0.29, 0.717) is 25.0 Å². The van der Waals surface area contributed by atoms with E-state index in [2.05, 4.69) is 0 Å². The number of ether oxygens (including phenoxy) is 3. The molecule has 1 aromatic rings. The molecule has 0 radical (unpaired) electrons. The van der Waals surface area contributed by atoms with Crippen LogP contribution in [0.4, 0.5) is 0 Å². The zero-order valence-electron chi connectivity index (χ0n) is 12.6. The van der Waals surface area contributed by atoms with E-state index < -0.39 is 6.29 Å². The Morgan fingerprint density at radius 2 is 1.95 bits per heavy atom. The van der Waals surface area contributed by atoms with Crippen molar-refractivity contribution in [3.05, 3.63) is 41.2 Å². The fourth-order valence-electron chi connectivity index (χ4n) is 3.08. The number of carbonyl (C=O) groups is 2. The molecule has 0 bridgehead atoms. The maximum absolute atomic E-state index is 12.2. The molecule has 0 aromatic heterocycles. The van der Waals surface area contributed by atoms with Crippen molar-refractivity contribution in [1.29, 1.82) is 0 Å². The van der Waals surface area contributed by atoms with E-state index in [1.165, 1.54) is 6.92 Å². The van der Waals surface area contributed by atoms with Gasteiger partial charge in [0.25, 0.3) is 0 Å². The van der Waals surface area contributed by atoms with Gasteiger partial charge >= 0.3 is 5.97 Å². The van der Waals surface area contributed by atoms with Crippen molar-refractivity contribution in [3.63, 3.8) is 0 Å². The van der Waals surface area contributed by atoms with Gasteiger partial charge in [-0.1, -0.05) is 12.1 Å². The number of allylic oxidation sites excluding steroid dienone is 2. The summed E-state index contributed by atoms with van der Waals surface area (Å²) in [5.41, 5.74) is 1.73. The van der Waals surface area contributed by atoms with Gasteiger partial charge in [0.05, 0.1) is 7.11 Å². The van der Waals surface area contributed by atoms with E-state index in [1.807, 2.05) is 24.3 Å². The smallest absolute Gasteiger partial charge is 0.305 e. The Bertz CT molecular complexity index is 629. The van der Waals surface area contributed by atoms with Gasteiger partial charge in [-0.15, -0.1) is 0 Å². The lowest BCUT2D eigenvalue weighted by Gasteiger charge is -2.30. The van der Waals surface area contributed by atoms with Crippen molar-refractivity contribution in [2.75, 3.05) is 7.11 Å². The number of methoxy groups -OCH3 is 1. The molecule has 1 aromatic carbocycles. The lowest BCUT2D eigenvalue weighted by atomic mass is 9.85. The topological polar surface area (TPSA) is 61.8 Å². The monoisotopic (exact) mass is 302 g/mol. The zero-order valence-corrected chi connectivity index (χ0v) is 12.6. The molecule has 1 aliphatic carbocycles. The average molecular weight is 302 g/mol. The van der Waals surface area contributed by atoms with Crippen LogP contribution in [0.1, 0.15) is 37.7 Å². The molecule has 1 aliphatic heterocycles. The van der Waals surface area contributed by atoms with E-state index in [0.717, 1.165) is 16.9 Å². The SMILES string of the molecule is COc1ccc([C@@H]2C[C@@H](OC(C)=O)OC3=C2C(=O)CC3)cc1. The second kappa shape index (κ2) is 5.83. The Morgan fingerprint density at radius 3 is 2.59 bits per heavy atom. The first-order valence-corrected chi connectivity index (χ1v) is 7.32. The summed E-state index contributed by atoms with van der Waals surface area (Å²) in [5, 5.41) is 0. The Balaban J connectivity index is 1.93. The second-order valence-corrected chi connectivity index (χ2v) is 5.48. The quantitative estimate of drug-likeness (QED) is 0.803. The molecule has 0 saturated carbocycles. The minimum Gasteiger partial charge on any atom is -0.497 e. The second-order valence-electron chi connectivity index (χ2n) is 5.48. The first-order chi connectivity index (χ1) is 10.6. The van der Waals surface area contributed by atoms with Crippen molar-refractivity contribution < 1.29 is 23.8 Å². The van der Waals surface area contributed by atoms with Gasteiger partial charge in [-0.25, -0.2) is 0 Å². The van der Waals surface area contributed by atoms with Crippen LogP contribution in [0.2, 0.25) is 0 Å². The van der Waals surface area contributed by atoms with Crippen molar-refractivity contribution in [3.8, 4) is 5.75 Å². The van der Waals surface area contributed by atoms with Crippen LogP contribution < -0.4 is 4.74 Å². The summed E-state index contributed by atoms with van der Waals surface area (Å²) in [6.45, 7) is 1.36. The summed E-state index contributed by atoms with van der Waals surface area (Å²) in [5.74, 6) is 1.07. The van der Waals surface area contributed by atoms with Gasteiger partial charge in [0.2, 0.25) is 6.29 Å². The number of carbonyl (C=O) groups excluding carboxylic acids is 2. The third kappa shape index (κ3) is 2.71. The van der Waals surface area contributed by atoms with Gasteiger partial charge in [0.1, 0.15) is 11.5 Å². The summed E-state index contributed by atoms with van der Waals surface area (Å²) < 4.78 is 16.0. The fourth-order valence-corrected chi connectivity index (χ4v) is 3.08. The van der Waals surface area contributed by atoms with Gasteiger partial charge in [-0.2, -0.15) is 0 Å². The Labute approximate surface area is 128 Å². The molecule has 116 valence electrons. The Kier molecular flexibility index (Phi) is 3.88. The third-order valence-corrected chi connectivity index (χ3v) is 4.05. The molecule has 0 unspecified atom stereocenters. The standard InChI is InChI=1S/C17H18O5/c1-10(18)21-16-9-13(11-3-5-12(20-2)6-4-11)17-14(19)7-8-15(17)22-16/h3-6,13,16H,7-9H2,1-2H3/t13-,16-/m0/s1. The van der Waals surface area contributed by atoms with Crippen molar-refractivity contribution in [2.24, 2.45) is 0 Å². The first-order valence-electron chi connectivity index (χ1n) is 7.32. The first kappa shape index (κ1) is 14.6. The molecule has 2 aliphatic rings. The van der Waals surface area contributed by atoms with Crippen molar-refractivity contribution >= 4 is 11.8 Å². The van der Waals surface area contributed by atoms with Crippen LogP contribution in [-0.4, -0.2) is 25.2 Å². The van der Waals surface area contributed by atoms with Gasteiger partial charge in [-0.3, -0.25) is 9.59 Å². The molecule has 3 rings (SSSR count). The highest BCUT2D eigenvalue weighted by atomic mass is 16.7. The van der Waals surface area contributed by atoms with Crippen LogP contribution in [0.3, 0.4) is 0 Å². The zero-order chi connectivity index (χ0) is 15.7. The number of Topliss-reactive ketones (excluding diaryl/α,β-unsaturated/α-hetero) is 1.